The second-order valence-electron chi connectivity index (χ2n) is 2.08. The van der Waals surface area contributed by atoms with Gasteiger partial charge in [0.1, 0.15) is 5.75 Å². The molecule has 0 aliphatic carbocycles. The third kappa shape index (κ3) is 3.73. The van der Waals surface area contributed by atoms with Crippen LogP contribution in [0, 0.1) is 0 Å². The van der Waals surface area contributed by atoms with E-state index in [1.807, 2.05) is 6.92 Å². The Kier molecular flexibility index (Phi) is 5.65. The van der Waals surface area contributed by atoms with Crippen LogP contribution in [0.5, 0.6) is 5.75 Å². The number of carbonyl (C=O) groups is 1. The van der Waals surface area contributed by atoms with Crippen molar-refractivity contribution in [2.45, 2.75) is 6.92 Å². The van der Waals surface area contributed by atoms with Crippen LogP contribution in [0.3, 0.4) is 0 Å². The normalized spacial score (nSPS) is 8.17. The van der Waals surface area contributed by atoms with Crippen LogP contribution < -0.4 is 5.73 Å². The molecule has 0 amide bonds. The van der Waals surface area contributed by atoms with Crippen LogP contribution in [0.4, 0.5) is 0 Å². The Morgan fingerprint density at radius 2 is 2.00 bits per heavy atom. The Hall–Kier alpha value is -1.35. The van der Waals surface area contributed by atoms with E-state index >= 15 is 0 Å². The van der Waals surface area contributed by atoms with Gasteiger partial charge in [0.25, 0.3) is 0 Å². The van der Waals surface area contributed by atoms with Crippen LogP contribution >= 0.6 is 0 Å². The Morgan fingerprint density at radius 1 is 1.50 bits per heavy atom. The fraction of sp³-hybridized carbons (Fsp3) is 0.222. The van der Waals surface area contributed by atoms with Gasteiger partial charge in [-0.25, -0.2) is 0 Å². The summed E-state index contributed by atoms with van der Waals surface area (Å²) in [5.41, 5.74) is 5.18. The number of benzene rings is 1. The first-order valence-electron chi connectivity index (χ1n) is 3.69. The van der Waals surface area contributed by atoms with Gasteiger partial charge in [-0.2, -0.15) is 0 Å². The van der Waals surface area contributed by atoms with E-state index in [0.29, 0.717) is 11.8 Å². The molecule has 3 nitrogen and oxygen atoms in total. The molecule has 0 bridgehead atoms. The van der Waals surface area contributed by atoms with Crippen molar-refractivity contribution in [3.8, 4) is 5.75 Å². The highest BCUT2D eigenvalue weighted by Gasteiger charge is 1.93. The summed E-state index contributed by atoms with van der Waals surface area (Å²) in [6.45, 7) is 2.65. The molecule has 0 fully saturated rings. The third-order valence-electron chi connectivity index (χ3n) is 1.06. The molecule has 3 N–H and O–H groups in total. The Labute approximate surface area is 71.8 Å². The summed E-state index contributed by atoms with van der Waals surface area (Å²) in [6.07, 6.45) is 0.620. The molecule has 0 radical (unpaired) electrons. The average Bonchev–Trinajstić information content (AvgIpc) is 2.07. The number of aromatic hydroxyl groups is 1. The number of phenolic OH excluding ortho intramolecular Hbond substituents is 1. The van der Waals surface area contributed by atoms with Crippen molar-refractivity contribution in [2.75, 3.05) is 6.54 Å². The van der Waals surface area contributed by atoms with Crippen molar-refractivity contribution < 1.29 is 9.90 Å². The second-order valence-corrected chi connectivity index (χ2v) is 2.08. The molecule has 0 aliphatic heterocycles. The fourth-order valence-corrected chi connectivity index (χ4v) is 0.587. The predicted molar refractivity (Wildman–Crippen MR) is 48.2 cm³/mol. The lowest BCUT2D eigenvalue weighted by molar-refractivity contribution is 0.112. The summed E-state index contributed by atoms with van der Waals surface area (Å²) in [7, 11) is 0. The van der Waals surface area contributed by atoms with Gasteiger partial charge in [0.15, 0.2) is 6.29 Å². The monoisotopic (exact) mass is 167 g/mol. The lowest BCUT2D eigenvalue weighted by atomic mass is 10.2. The minimum Gasteiger partial charge on any atom is -0.507 e. The van der Waals surface area contributed by atoms with E-state index in [1.165, 1.54) is 6.07 Å². The molecule has 0 saturated carbocycles. The average molecular weight is 167 g/mol. The van der Waals surface area contributed by atoms with Crippen molar-refractivity contribution in [1.29, 1.82) is 0 Å². The lowest BCUT2D eigenvalue weighted by Gasteiger charge is -1.91. The van der Waals surface area contributed by atoms with Crippen LogP contribution in [0.25, 0.3) is 0 Å². The molecule has 0 spiro atoms. The number of carbonyl (C=O) groups excluding carboxylic acids is 1. The first kappa shape index (κ1) is 10.7. The molecule has 1 aromatic rings. The summed E-state index contributed by atoms with van der Waals surface area (Å²) in [5, 5.41) is 8.88. The van der Waals surface area contributed by atoms with Crippen molar-refractivity contribution in [3.05, 3.63) is 29.8 Å². The molecule has 1 aromatic carbocycles. The molecule has 0 atom stereocenters. The topological polar surface area (TPSA) is 63.3 Å². The molecule has 0 aromatic heterocycles. The highest BCUT2D eigenvalue weighted by atomic mass is 16.3. The van der Waals surface area contributed by atoms with E-state index in [2.05, 4.69) is 0 Å². The first-order chi connectivity index (χ1) is 5.76. The molecule has 12 heavy (non-hydrogen) atoms. The van der Waals surface area contributed by atoms with Gasteiger partial charge >= 0.3 is 0 Å². The zero-order valence-corrected chi connectivity index (χ0v) is 7.03. The van der Waals surface area contributed by atoms with E-state index in [-0.39, 0.29) is 5.75 Å². The predicted octanol–water partition coefficient (Wildman–Crippen LogP) is 1.17. The standard InChI is InChI=1S/C7H6O2.C2H7N/c8-5-6-3-1-2-4-7(6)9;1-2-3/h1-5,9H;2-3H2,1H3. The maximum absolute atomic E-state index is 10.1. The van der Waals surface area contributed by atoms with Crippen LogP contribution in [0.15, 0.2) is 24.3 Å². The van der Waals surface area contributed by atoms with Gasteiger partial charge in [-0.15, -0.1) is 0 Å². The molecule has 0 heterocycles. The van der Waals surface area contributed by atoms with Gasteiger partial charge in [0.05, 0.1) is 5.56 Å². The van der Waals surface area contributed by atoms with E-state index in [1.54, 1.807) is 18.2 Å². The number of para-hydroxylation sites is 1. The minimum atomic E-state index is 0.0347. The number of phenols is 1. The molecule has 66 valence electrons. The zero-order chi connectivity index (χ0) is 9.40. The summed E-state index contributed by atoms with van der Waals surface area (Å²) in [5.74, 6) is 0.0347. The minimum absolute atomic E-state index is 0.0347. The Balaban J connectivity index is 0.000000354. The quantitative estimate of drug-likeness (QED) is 0.617. The molecule has 1 rings (SSSR count). The van der Waals surface area contributed by atoms with Gasteiger partial charge in [-0.3, -0.25) is 4.79 Å². The van der Waals surface area contributed by atoms with Gasteiger partial charge in [-0.1, -0.05) is 19.1 Å². The highest BCUT2D eigenvalue weighted by Crippen LogP contribution is 2.11. The number of nitrogens with two attached hydrogens (primary N) is 1. The number of aldehydes is 1. The highest BCUT2D eigenvalue weighted by molar-refractivity contribution is 5.78. The van der Waals surface area contributed by atoms with Crippen LogP contribution in [0.2, 0.25) is 0 Å². The molecular weight excluding hydrogens is 154 g/mol. The summed E-state index contributed by atoms with van der Waals surface area (Å²) >= 11 is 0. The lowest BCUT2D eigenvalue weighted by Crippen LogP contribution is -1.87. The fourth-order valence-electron chi connectivity index (χ4n) is 0.587. The van der Waals surface area contributed by atoms with E-state index in [0.717, 1.165) is 6.54 Å². The SMILES string of the molecule is CCN.O=Cc1ccccc1O. The van der Waals surface area contributed by atoms with Gasteiger partial charge in [0, 0.05) is 0 Å². The van der Waals surface area contributed by atoms with Crippen LogP contribution in [-0.4, -0.2) is 17.9 Å². The van der Waals surface area contributed by atoms with Crippen molar-refractivity contribution in [1.82, 2.24) is 0 Å². The number of rotatable bonds is 1. The van der Waals surface area contributed by atoms with Crippen molar-refractivity contribution in [3.63, 3.8) is 0 Å². The van der Waals surface area contributed by atoms with Crippen molar-refractivity contribution in [2.24, 2.45) is 5.73 Å². The number of hydrogen-bond acceptors (Lipinski definition) is 3. The van der Waals surface area contributed by atoms with E-state index < -0.39 is 0 Å². The molecular formula is C9H13NO2. The zero-order valence-electron chi connectivity index (χ0n) is 7.03. The Bertz CT molecular complexity index is 236. The van der Waals surface area contributed by atoms with Crippen LogP contribution in [-0.2, 0) is 0 Å². The molecule has 0 saturated heterocycles. The molecule has 0 aliphatic rings. The maximum atomic E-state index is 10.1. The van der Waals surface area contributed by atoms with E-state index in [4.69, 9.17) is 10.8 Å². The van der Waals surface area contributed by atoms with Gasteiger partial charge in [0.2, 0.25) is 0 Å². The number of hydrogen-bond donors (Lipinski definition) is 2. The van der Waals surface area contributed by atoms with Gasteiger partial charge in [-0.05, 0) is 18.7 Å². The Morgan fingerprint density at radius 3 is 2.33 bits per heavy atom. The van der Waals surface area contributed by atoms with Crippen molar-refractivity contribution >= 4 is 6.29 Å². The van der Waals surface area contributed by atoms with E-state index in [9.17, 15) is 4.79 Å². The molecule has 3 heteroatoms. The van der Waals surface area contributed by atoms with Gasteiger partial charge < -0.3 is 10.8 Å². The third-order valence-corrected chi connectivity index (χ3v) is 1.06. The smallest absolute Gasteiger partial charge is 0.153 e. The largest absolute Gasteiger partial charge is 0.507 e. The van der Waals surface area contributed by atoms with Crippen LogP contribution in [0.1, 0.15) is 17.3 Å². The molecule has 0 unspecified atom stereocenters. The second kappa shape index (κ2) is 6.37. The summed E-state index contributed by atoms with van der Waals surface area (Å²) in [6, 6.07) is 6.40. The first-order valence-corrected chi connectivity index (χ1v) is 3.69. The summed E-state index contributed by atoms with van der Waals surface area (Å²) < 4.78 is 0. The maximum Gasteiger partial charge on any atom is 0.153 e. The summed E-state index contributed by atoms with van der Waals surface area (Å²) in [4.78, 5) is 10.1.